The van der Waals surface area contributed by atoms with Crippen LogP contribution in [0.1, 0.15) is 6.92 Å². The van der Waals surface area contributed by atoms with Gasteiger partial charge in [0.25, 0.3) is 0 Å². The van der Waals surface area contributed by atoms with Gasteiger partial charge in [-0.05, 0) is 61.6 Å². The summed E-state index contributed by atoms with van der Waals surface area (Å²) in [5.41, 5.74) is 1.36. The second-order valence-electron chi connectivity index (χ2n) is 5.43. The number of rotatable bonds is 5. The average Bonchev–Trinajstić information content (AvgIpc) is 2.94. The second kappa shape index (κ2) is 8.94. The Kier molecular flexibility index (Phi) is 6.83. The molecule has 0 aliphatic carbocycles. The Morgan fingerprint density at radius 2 is 1.78 bits per heavy atom. The minimum Gasteiger partial charge on any atom is -0.325 e. The van der Waals surface area contributed by atoms with E-state index < -0.39 is 0 Å². The van der Waals surface area contributed by atoms with E-state index in [0.717, 1.165) is 5.69 Å². The summed E-state index contributed by atoms with van der Waals surface area (Å²) < 4.78 is 2.94. The van der Waals surface area contributed by atoms with Crippen LogP contribution >= 0.6 is 70.1 Å². The quantitative estimate of drug-likeness (QED) is 0.327. The molecule has 0 radical (unpaired) electrons. The van der Waals surface area contributed by atoms with Gasteiger partial charge in [0.2, 0.25) is 5.91 Å². The van der Waals surface area contributed by atoms with E-state index in [1.54, 1.807) is 41.9 Å². The molecule has 3 aromatic rings. The lowest BCUT2D eigenvalue weighted by Gasteiger charge is -2.11. The first-order valence-electron chi connectivity index (χ1n) is 7.61. The molecule has 1 atom stereocenters. The smallest absolute Gasteiger partial charge is 0.237 e. The summed E-state index contributed by atoms with van der Waals surface area (Å²) in [6.07, 6.45) is 0. The Balaban J connectivity index is 1.71. The number of anilines is 1. The van der Waals surface area contributed by atoms with Crippen molar-refractivity contribution in [3.05, 3.63) is 61.5 Å². The van der Waals surface area contributed by atoms with Crippen LogP contribution in [0.4, 0.5) is 5.69 Å². The number of hydrogen-bond acceptors (Lipinski definition) is 5. The van der Waals surface area contributed by atoms with Crippen LogP contribution < -0.4 is 5.32 Å². The van der Waals surface area contributed by atoms with Crippen LogP contribution in [0.2, 0.25) is 15.1 Å². The van der Waals surface area contributed by atoms with Crippen LogP contribution in [0, 0.1) is 3.95 Å². The van der Waals surface area contributed by atoms with E-state index in [1.165, 1.54) is 23.1 Å². The van der Waals surface area contributed by atoms with Gasteiger partial charge in [0.1, 0.15) is 0 Å². The molecular formula is C17H12Cl3N3OS3. The highest BCUT2D eigenvalue weighted by Gasteiger charge is 2.18. The normalized spacial score (nSPS) is 12.0. The predicted molar refractivity (Wildman–Crippen MR) is 118 cm³/mol. The third kappa shape index (κ3) is 5.47. The highest BCUT2D eigenvalue weighted by atomic mass is 35.5. The summed E-state index contributed by atoms with van der Waals surface area (Å²) in [5.74, 6) is -0.183. The molecule has 0 unspecified atom stereocenters. The number of nitrogens with one attached hydrogen (secondary N) is 1. The fraction of sp³-hybridized carbons (Fsp3) is 0.118. The van der Waals surface area contributed by atoms with Gasteiger partial charge in [0.05, 0.1) is 10.9 Å². The molecule has 1 N–H and O–H groups in total. The van der Waals surface area contributed by atoms with Crippen molar-refractivity contribution in [3.8, 4) is 5.69 Å². The maximum Gasteiger partial charge on any atom is 0.237 e. The molecule has 140 valence electrons. The number of hydrogen-bond donors (Lipinski definition) is 1. The minimum atomic E-state index is -0.387. The van der Waals surface area contributed by atoms with Crippen molar-refractivity contribution >= 4 is 81.7 Å². The molecule has 0 spiro atoms. The van der Waals surface area contributed by atoms with Crippen LogP contribution in [0.25, 0.3) is 5.69 Å². The van der Waals surface area contributed by atoms with Crippen molar-refractivity contribution in [3.63, 3.8) is 0 Å². The van der Waals surface area contributed by atoms with Crippen LogP contribution in [-0.4, -0.2) is 20.9 Å². The molecule has 3 rings (SSSR count). The highest BCUT2D eigenvalue weighted by molar-refractivity contribution is 8.02. The van der Waals surface area contributed by atoms with E-state index in [1.807, 2.05) is 12.1 Å². The SMILES string of the molecule is C[C@@H](Sc1nn(-c2ccc(Cl)cc2)c(=S)s1)C(=O)Nc1cc(Cl)cc(Cl)c1. The predicted octanol–water partition coefficient (Wildman–Crippen LogP) is 6.74. The maximum absolute atomic E-state index is 12.4. The Bertz CT molecular complexity index is 1010. The molecule has 0 bridgehead atoms. The van der Waals surface area contributed by atoms with Crippen molar-refractivity contribution < 1.29 is 4.79 Å². The largest absolute Gasteiger partial charge is 0.325 e. The lowest BCUT2D eigenvalue weighted by Crippen LogP contribution is -2.22. The molecule has 0 saturated carbocycles. The summed E-state index contributed by atoms with van der Waals surface area (Å²) in [6, 6.07) is 12.1. The molecule has 0 aliphatic rings. The number of amides is 1. The van der Waals surface area contributed by atoms with E-state index in [-0.39, 0.29) is 11.2 Å². The monoisotopic (exact) mass is 475 g/mol. The Morgan fingerprint density at radius 3 is 2.41 bits per heavy atom. The molecule has 4 nitrogen and oxygen atoms in total. The summed E-state index contributed by atoms with van der Waals surface area (Å²) in [6.45, 7) is 1.79. The van der Waals surface area contributed by atoms with Crippen molar-refractivity contribution in [1.82, 2.24) is 9.78 Å². The molecule has 2 aromatic carbocycles. The molecule has 27 heavy (non-hydrogen) atoms. The standard InChI is InChI=1S/C17H12Cl3N3OS3/c1-9(15(24)21-13-7-11(19)6-12(20)8-13)26-16-22-23(17(25)27-16)14-4-2-10(18)3-5-14/h2-9H,1H3,(H,21,24)/t9-/m1/s1. The van der Waals surface area contributed by atoms with Crippen molar-refractivity contribution in [1.29, 1.82) is 0 Å². The summed E-state index contributed by atoms with van der Waals surface area (Å²) in [4.78, 5) is 12.4. The molecule has 10 heteroatoms. The van der Waals surface area contributed by atoms with Crippen LogP contribution in [0.15, 0.2) is 46.8 Å². The molecule has 1 heterocycles. The van der Waals surface area contributed by atoms with Crippen molar-refractivity contribution in [2.45, 2.75) is 16.5 Å². The molecular weight excluding hydrogens is 465 g/mol. The summed E-state index contributed by atoms with van der Waals surface area (Å²) in [5, 5.41) is 8.47. The number of benzene rings is 2. The lowest BCUT2D eigenvalue weighted by atomic mass is 10.3. The van der Waals surface area contributed by atoms with Gasteiger partial charge < -0.3 is 5.32 Å². The van der Waals surface area contributed by atoms with Crippen molar-refractivity contribution in [2.24, 2.45) is 0 Å². The van der Waals surface area contributed by atoms with E-state index in [0.29, 0.717) is 29.0 Å². The van der Waals surface area contributed by atoms with Gasteiger partial charge in [-0.2, -0.15) is 0 Å². The molecule has 0 fully saturated rings. The van der Waals surface area contributed by atoms with E-state index >= 15 is 0 Å². The number of carbonyl (C=O) groups excluding carboxylic acids is 1. The van der Waals surface area contributed by atoms with E-state index in [2.05, 4.69) is 10.4 Å². The van der Waals surface area contributed by atoms with Gasteiger partial charge in [-0.3, -0.25) is 4.79 Å². The van der Waals surface area contributed by atoms with Crippen LogP contribution in [0.5, 0.6) is 0 Å². The van der Waals surface area contributed by atoms with Crippen molar-refractivity contribution in [2.75, 3.05) is 5.32 Å². The fourth-order valence-corrected chi connectivity index (χ4v) is 5.29. The van der Waals surface area contributed by atoms with Gasteiger partial charge in [-0.15, -0.1) is 5.10 Å². The Morgan fingerprint density at radius 1 is 1.15 bits per heavy atom. The number of carbonyl (C=O) groups is 1. The number of nitrogens with zero attached hydrogens (tertiary/aromatic N) is 2. The zero-order chi connectivity index (χ0) is 19.6. The third-order valence-corrected chi connectivity index (χ3v) is 6.48. The maximum atomic E-state index is 12.4. The fourth-order valence-electron chi connectivity index (χ4n) is 2.13. The summed E-state index contributed by atoms with van der Waals surface area (Å²) >= 11 is 25.9. The first kappa shape index (κ1) is 20.6. The van der Waals surface area contributed by atoms with Crippen LogP contribution in [-0.2, 0) is 4.79 Å². The molecule has 1 aromatic heterocycles. The molecule has 0 saturated heterocycles. The van der Waals surface area contributed by atoms with E-state index in [4.69, 9.17) is 47.0 Å². The zero-order valence-corrected chi connectivity index (χ0v) is 18.5. The Hall–Kier alpha value is -1.09. The van der Waals surface area contributed by atoms with Gasteiger partial charge in [-0.1, -0.05) is 57.9 Å². The number of thioether (sulfide) groups is 1. The average molecular weight is 477 g/mol. The summed E-state index contributed by atoms with van der Waals surface area (Å²) in [7, 11) is 0. The molecule has 1 amide bonds. The van der Waals surface area contributed by atoms with Gasteiger partial charge in [0, 0.05) is 20.8 Å². The third-order valence-electron chi connectivity index (χ3n) is 3.38. The van der Waals surface area contributed by atoms with Gasteiger partial charge in [0.15, 0.2) is 8.29 Å². The lowest BCUT2D eigenvalue weighted by molar-refractivity contribution is -0.115. The van der Waals surface area contributed by atoms with Gasteiger partial charge in [-0.25, -0.2) is 4.68 Å². The zero-order valence-electron chi connectivity index (χ0n) is 13.8. The van der Waals surface area contributed by atoms with Crippen LogP contribution in [0.3, 0.4) is 0 Å². The van der Waals surface area contributed by atoms with Gasteiger partial charge >= 0.3 is 0 Å². The second-order valence-corrected chi connectivity index (χ2v) is 9.95. The number of halogens is 3. The molecule has 0 aliphatic heterocycles. The first-order chi connectivity index (χ1) is 12.8. The minimum absolute atomic E-state index is 0.183. The topological polar surface area (TPSA) is 46.9 Å². The first-order valence-corrected chi connectivity index (χ1v) is 10.9. The van der Waals surface area contributed by atoms with E-state index in [9.17, 15) is 4.79 Å². The highest BCUT2D eigenvalue weighted by Crippen LogP contribution is 2.29. The number of aromatic nitrogens is 2. The Labute approximate surface area is 184 Å².